The quantitative estimate of drug-likeness (QED) is 0.904. The molecule has 0 spiro atoms. The van der Waals surface area contributed by atoms with Crippen molar-refractivity contribution >= 4 is 5.95 Å². The Morgan fingerprint density at radius 3 is 2.58 bits per heavy atom. The average molecular weight is 262 g/mol. The Balaban J connectivity index is 2.06. The van der Waals surface area contributed by atoms with Gasteiger partial charge in [-0.3, -0.25) is 0 Å². The molecule has 1 saturated heterocycles. The van der Waals surface area contributed by atoms with Crippen molar-refractivity contribution in [2.45, 2.75) is 39.5 Å². The Hall–Kier alpha value is -1.16. The van der Waals surface area contributed by atoms with Crippen molar-refractivity contribution in [1.82, 2.24) is 15.3 Å². The summed E-state index contributed by atoms with van der Waals surface area (Å²) >= 11 is 0. The Morgan fingerprint density at radius 2 is 2.00 bits per heavy atom. The van der Waals surface area contributed by atoms with Crippen molar-refractivity contribution in [2.24, 2.45) is 5.92 Å². The van der Waals surface area contributed by atoms with Crippen LogP contribution in [0.2, 0.25) is 0 Å². The standard InChI is InChI=1S/C15H26N4/c1-11(2)14-9-12(3)17-15(18-14)19-7-5-13(6-8-19)10-16-4/h9,11,13,16H,5-8,10H2,1-4H3. The summed E-state index contributed by atoms with van der Waals surface area (Å²) in [6, 6.07) is 2.10. The van der Waals surface area contributed by atoms with Gasteiger partial charge in [0.2, 0.25) is 5.95 Å². The van der Waals surface area contributed by atoms with E-state index in [-0.39, 0.29) is 0 Å². The minimum atomic E-state index is 0.460. The molecule has 1 aromatic heterocycles. The van der Waals surface area contributed by atoms with Gasteiger partial charge in [0.15, 0.2) is 0 Å². The van der Waals surface area contributed by atoms with E-state index < -0.39 is 0 Å². The molecular weight excluding hydrogens is 236 g/mol. The van der Waals surface area contributed by atoms with Crippen LogP contribution in [0.4, 0.5) is 5.95 Å². The highest BCUT2D eigenvalue weighted by Gasteiger charge is 2.21. The van der Waals surface area contributed by atoms with Crippen LogP contribution < -0.4 is 10.2 Å². The summed E-state index contributed by atoms with van der Waals surface area (Å²) in [6.07, 6.45) is 2.46. The van der Waals surface area contributed by atoms with Crippen LogP contribution in [0.25, 0.3) is 0 Å². The van der Waals surface area contributed by atoms with E-state index in [9.17, 15) is 0 Å². The molecule has 106 valence electrons. The maximum Gasteiger partial charge on any atom is 0.225 e. The molecule has 1 fully saturated rings. The molecule has 1 N–H and O–H groups in total. The normalized spacial score (nSPS) is 17.2. The highest BCUT2D eigenvalue weighted by molar-refractivity contribution is 5.33. The van der Waals surface area contributed by atoms with Gasteiger partial charge in [0.1, 0.15) is 0 Å². The predicted octanol–water partition coefficient (Wildman–Crippen LogP) is 2.34. The second-order valence-corrected chi connectivity index (χ2v) is 5.88. The van der Waals surface area contributed by atoms with Gasteiger partial charge in [-0.25, -0.2) is 9.97 Å². The fraction of sp³-hybridized carbons (Fsp3) is 0.733. The van der Waals surface area contributed by atoms with Gasteiger partial charge in [0, 0.05) is 24.5 Å². The zero-order chi connectivity index (χ0) is 13.8. The average Bonchev–Trinajstić information content (AvgIpc) is 2.39. The molecule has 1 aliphatic heterocycles. The molecule has 2 heterocycles. The van der Waals surface area contributed by atoms with Crippen LogP contribution >= 0.6 is 0 Å². The Bertz CT molecular complexity index is 409. The topological polar surface area (TPSA) is 41.0 Å². The molecule has 0 aliphatic carbocycles. The lowest BCUT2D eigenvalue weighted by Crippen LogP contribution is -2.37. The van der Waals surface area contributed by atoms with E-state index in [1.807, 2.05) is 7.05 Å². The number of piperidine rings is 1. The zero-order valence-corrected chi connectivity index (χ0v) is 12.6. The first kappa shape index (κ1) is 14.3. The maximum absolute atomic E-state index is 4.73. The fourth-order valence-electron chi connectivity index (χ4n) is 2.64. The third-order valence-corrected chi connectivity index (χ3v) is 3.84. The molecule has 0 amide bonds. The first-order valence-corrected chi connectivity index (χ1v) is 7.35. The minimum absolute atomic E-state index is 0.460. The smallest absolute Gasteiger partial charge is 0.225 e. The molecular formula is C15H26N4. The maximum atomic E-state index is 4.73. The summed E-state index contributed by atoms with van der Waals surface area (Å²) in [7, 11) is 2.03. The van der Waals surface area contributed by atoms with Gasteiger partial charge in [-0.05, 0) is 51.3 Å². The van der Waals surface area contributed by atoms with Gasteiger partial charge >= 0.3 is 0 Å². The Labute approximate surface area is 116 Å². The first-order chi connectivity index (χ1) is 9.10. The molecule has 19 heavy (non-hydrogen) atoms. The molecule has 1 aromatic rings. The van der Waals surface area contributed by atoms with Gasteiger partial charge in [0.05, 0.1) is 0 Å². The molecule has 0 aromatic carbocycles. The molecule has 0 saturated carbocycles. The molecule has 0 unspecified atom stereocenters. The van der Waals surface area contributed by atoms with Crippen LogP contribution in [0.5, 0.6) is 0 Å². The number of nitrogens with one attached hydrogen (secondary N) is 1. The second kappa shape index (κ2) is 6.33. The van der Waals surface area contributed by atoms with Gasteiger partial charge in [-0.1, -0.05) is 13.8 Å². The third kappa shape index (κ3) is 3.66. The first-order valence-electron chi connectivity index (χ1n) is 7.35. The molecule has 4 nitrogen and oxygen atoms in total. The molecule has 2 rings (SSSR count). The Kier molecular flexibility index (Phi) is 4.75. The lowest BCUT2D eigenvalue weighted by Gasteiger charge is -2.32. The second-order valence-electron chi connectivity index (χ2n) is 5.88. The van der Waals surface area contributed by atoms with Crippen LogP contribution in [-0.2, 0) is 0 Å². The monoisotopic (exact) mass is 262 g/mol. The van der Waals surface area contributed by atoms with Crippen molar-refractivity contribution in [3.8, 4) is 0 Å². The molecule has 0 radical (unpaired) electrons. The predicted molar refractivity (Wildman–Crippen MR) is 79.7 cm³/mol. The van der Waals surface area contributed by atoms with Crippen molar-refractivity contribution in [3.05, 3.63) is 17.5 Å². The lowest BCUT2D eigenvalue weighted by atomic mass is 9.97. The van der Waals surface area contributed by atoms with Crippen LogP contribution in [-0.4, -0.2) is 36.6 Å². The number of nitrogens with zero attached hydrogens (tertiary/aromatic N) is 3. The van der Waals surface area contributed by atoms with E-state index in [0.717, 1.165) is 42.9 Å². The SMILES string of the molecule is CNCC1CCN(c2nc(C)cc(C(C)C)n2)CC1. The number of rotatable bonds is 4. The largest absolute Gasteiger partial charge is 0.341 e. The molecule has 1 aliphatic rings. The number of hydrogen-bond donors (Lipinski definition) is 1. The molecule has 0 bridgehead atoms. The van der Waals surface area contributed by atoms with E-state index in [2.05, 4.69) is 42.0 Å². The van der Waals surface area contributed by atoms with E-state index >= 15 is 0 Å². The number of anilines is 1. The van der Waals surface area contributed by atoms with E-state index in [1.54, 1.807) is 0 Å². The van der Waals surface area contributed by atoms with Crippen LogP contribution in [0, 0.1) is 12.8 Å². The number of aryl methyl sites for hydroxylation is 1. The zero-order valence-electron chi connectivity index (χ0n) is 12.6. The summed E-state index contributed by atoms with van der Waals surface area (Å²) in [6.45, 7) is 9.71. The van der Waals surface area contributed by atoms with E-state index in [0.29, 0.717) is 5.92 Å². The van der Waals surface area contributed by atoms with Gasteiger partial charge in [0.25, 0.3) is 0 Å². The fourth-order valence-corrected chi connectivity index (χ4v) is 2.64. The van der Waals surface area contributed by atoms with E-state index in [1.165, 1.54) is 12.8 Å². The van der Waals surface area contributed by atoms with Crippen molar-refractivity contribution in [1.29, 1.82) is 0 Å². The van der Waals surface area contributed by atoms with Gasteiger partial charge in [-0.15, -0.1) is 0 Å². The van der Waals surface area contributed by atoms with Gasteiger partial charge in [-0.2, -0.15) is 0 Å². The van der Waals surface area contributed by atoms with Crippen LogP contribution in [0.1, 0.15) is 44.0 Å². The van der Waals surface area contributed by atoms with Crippen LogP contribution in [0.3, 0.4) is 0 Å². The summed E-state index contributed by atoms with van der Waals surface area (Å²) < 4.78 is 0. The van der Waals surface area contributed by atoms with E-state index in [4.69, 9.17) is 4.98 Å². The molecule has 0 atom stereocenters. The lowest BCUT2D eigenvalue weighted by molar-refractivity contribution is 0.390. The van der Waals surface area contributed by atoms with Crippen molar-refractivity contribution in [3.63, 3.8) is 0 Å². The van der Waals surface area contributed by atoms with Crippen molar-refractivity contribution in [2.75, 3.05) is 31.6 Å². The molecule has 4 heteroatoms. The van der Waals surface area contributed by atoms with Crippen molar-refractivity contribution < 1.29 is 0 Å². The highest BCUT2D eigenvalue weighted by Crippen LogP contribution is 2.22. The van der Waals surface area contributed by atoms with Crippen LogP contribution in [0.15, 0.2) is 6.07 Å². The summed E-state index contributed by atoms with van der Waals surface area (Å²) in [5.74, 6) is 2.18. The summed E-state index contributed by atoms with van der Waals surface area (Å²) in [5, 5.41) is 3.28. The van der Waals surface area contributed by atoms with Gasteiger partial charge < -0.3 is 10.2 Å². The minimum Gasteiger partial charge on any atom is -0.341 e. The Morgan fingerprint density at radius 1 is 1.32 bits per heavy atom. The highest BCUT2D eigenvalue weighted by atomic mass is 15.3. The number of hydrogen-bond acceptors (Lipinski definition) is 4. The summed E-state index contributed by atoms with van der Waals surface area (Å²) in [5.41, 5.74) is 2.23. The third-order valence-electron chi connectivity index (χ3n) is 3.84. The summed E-state index contributed by atoms with van der Waals surface area (Å²) in [4.78, 5) is 11.7. The number of aromatic nitrogens is 2.